The largest absolute Gasteiger partial charge is 0.375 e. The van der Waals surface area contributed by atoms with E-state index in [0.29, 0.717) is 12.2 Å². The Bertz CT molecular complexity index is 699. The second-order valence-corrected chi connectivity index (χ2v) is 5.95. The Morgan fingerprint density at radius 2 is 1.92 bits per heavy atom. The number of pyridine rings is 1. The molecule has 3 rings (SSSR count). The lowest BCUT2D eigenvalue weighted by Gasteiger charge is -2.33. The molecular weight excluding hydrogens is 306 g/mol. The van der Waals surface area contributed by atoms with Crippen molar-refractivity contribution in [2.75, 3.05) is 43.4 Å². The second-order valence-electron chi connectivity index (χ2n) is 5.95. The summed E-state index contributed by atoms with van der Waals surface area (Å²) in [5.74, 6) is 0.782. The number of hydrogen-bond acceptors (Lipinski definition) is 6. The average Bonchev–Trinajstić information content (AvgIpc) is 2.61. The smallest absolute Gasteiger partial charge is 0.310 e. The maximum atomic E-state index is 11.3. The molecule has 126 valence electrons. The molecule has 0 atom stereocenters. The first-order valence-electron chi connectivity index (χ1n) is 7.99. The molecule has 2 heterocycles. The first kappa shape index (κ1) is 16.2. The van der Waals surface area contributed by atoms with Gasteiger partial charge in [-0.3, -0.25) is 10.1 Å². The molecule has 0 radical (unpaired) electrons. The molecule has 1 aromatic carbocycles. The van der Waals surface area contributed by atoms with Crippen LogP contribution in [0.4, 0.5) is 17.2 Å². The Morgan fingerprint density at radius 1 is 1.21 bits per heavy atom. The van der Waals surface area contributed by atoms with Gasteiger partial charge in [0.15, 0.2) is 0 Å². The summed E-state index contributed by atoms with van der Waals surface area (Å²) < 4.78 is 0. The molecule has 0 bridgehead atoms. The Kier molecular flexibility index (Phi) is 4.90. The van der Waals surface area contributed by atoms with Gasteiger partial charge in [-0.05, 0) is 12.6 Å². The van der Waals surface area contributed by atoms with Crippen LogP contribution in [0.3, 0.4) is 0 Å². The van der Waals surface area contributed by atoms with Crippen LogP contribution in [0.1, 0.15) is 5.56 Å². The van der Waals surface area contributed by atoms with Crippen LogP contribution in [-0.4, -0.2) is 48.0 Å². The molecule has 0 unspecified atom stereocenters. The van der Waals surface area contributed by atoms with E-state index >= 15 is 0 Å². The predicted octanol–water partition coefficient (Wildman–Crippen LogP) is 2.35. The van der Waals surface area contributed by atoms with Gasteiger partial charge in [-0.2, -0.15) is 0 Å². The van der Waals surface area contributed by atoms with Crippen molar-refractivity contribution in [3.8, 4) is 0 Å². The number of nitro groups is 1. The van der Waals surface area contributed by atoms with Crippen molar-refractivity contribution in [1.82, 2.24) is 9.88 Å². The Labute approximate surface area is 141 Å². The van der Waals surface area contributed by atoms with Gasteiger partial charge >= 0.3 is 5.69 Å². The topological polar surface area (TPSA) is 74.5 Å². The van der Waals surface area contributed by atoms with Crippen LogP contribution in [0.2, 0.25) is 0 Å². The third-order valence-electron chi connectivity index (χ3n) is 4.22. The van der Waals surface area contributed by atoms with E-state index in [4.69, 9.17) is 0 Å². The second kappa shape index (κ2) is 7.27. The van der Waals surface area contributed by atoms with Crippen molar-refractivity contribution in [3.63, 3.8) is 0 Å². The van der Waals surface area contributed by atoms with Gasteiger partial charge in [0.2, 0.25) is 0 Å². The predicted molar refractivity (Wildman–Crippen MR) is 94.4 cm³/mol. The van der Waals surface area contributed by atoms with Gasteiger partial charge in [0, 0.05) is 38.8 Å². The van der Waals surface area contributed by atoms with E-state index in [0.717, 1.165) is 37.6 Å². The van der Waals surface area contributed by atoms with E-state index in [1.165, 1.54) is 6.20 Å². The SMILES string of the molecule is CN1CCN(c2cc(NCc3ccccc3)c([N+](=O)[O-])cn2)CC1. The minimum atomic E-state index is -0.395. The first-order valence-corrected chi connectivity index (χ1v) is 7.99. The minimum Gasteiger partial charge on any atom is -0.375 e. The average molecular weight is 327 g/mol. The zero-order valence-electron chi connectivity index (χ0n) is 13.7. The summed E-state index contributed by atoms with van der Waals surface area (Å²) in [6.45, 7) is 4.21. The monoisotopic (exact) mass is 327 g/mol. The van der Waals surface area contributed by atoms with Crippen LogP contribution >= 0.6 is 0 Å². The molecule has 1 saturated heterocycles. The normalized spacial score (nSPS) is 15.3. The molecular formula is C17H21N5O2. The summed E-state index contributed by atoms with van der Waals surface area (Å²) in [5.41, 5.74) is 1.58. The number of hydrogen-bond donors (Lipinski definition) is 1. The fourth-order valence-corrected chi connectivity index (χ4v) is 2.73. The Morgan fingerprint density at radius 3 is 2.58 bits per heavy atom. The summed E-state index contributed by atoms with van der Waals surface area (Å²) in [7, 11) is 2.09. The molecule has 1 aromatic heterocycles. The number of nitrogens with one attached hydrogen (secondary N) is 1. The van der Waals surface area contributed by atoms with E-state index in [2.05, 4.69) is 27.1 Å². The molecule has 7 heteroatoms. The number of aromatic nitrogens is 1. The number of anilines is 2. The molecule has 1 aliphatic rings. The molecule has 0 amide bonds. The third kappa shape index (κ3) is 3.80. The maximum absolute atomic E-state index is 11.3. The number of piperazine rings is 1. The van der Waals surface area contributed by atoms with Gasteiger partial charge in [-0.25, -0.2) is 4.98 Å². The van der Waals surface area contributed by atoms with Crippen molar-refractivity contribution >= 4 is 17.2 Å². The lowest BCUT2D eigenvalue weighted by Crippen LogP contribution is -2.44. The maximum Gasteiger partial charge on any atom is 0.310 e. The van der Waals surface area contributed by atoms with Crippen LogP contribution in [0.15, 0.2) is 42.6 Å². The quantitative estimate of drug-likeness (QED) is 0.671. The summed E-state index contributed by atoms with van der Waals surface area (Å²) in [6, 6.07) is 11.6. The van der Waals surface area contributed by atoms with E-state index in [-0.39, 0.29) is 5.69 Å². The third-order valence-corrected chi connectivity index (χ3v) is 4.22. The highest BCUT2D eigenvalue weighted by atomic mass is 16.6. The Hall–Kier alpha value is -2.67. The van der Waals surface area contributed by atoms with Crippen LogP contribution in [0, 0.1) is 10.1 Å². The van der Waals surface area contributed by atoms with E-state index in [1.807, 2.05) is 30.3 Å². The molecule has 1 fully saturated rings. The fraction of sp³-hybridized carbons (Fsp3) is 0.353. The Balaban J connectivity index is 1.79. The van der Waals surface area contributed by atoms with Crippen LogP contribution in [0.5, 0.6) is 0 Å². The molecule has 24 heavy (non-hydrogen) atoms. The summed E-state index contributed by atoms with van der Waals surface area (Å²) >= 11 is 0. The van der Waals surface area contributed by atoms with E-state index < -0.39 is 4.92 Å². The molecule has 1 aliphatic heterocycles. The lowest BCUT2D eigenvalue weighted by atomic mass is 10.2. The van der Waals surface area contributed by atoms with Gasteiger partial charge in [0.05, 0.1) is 4.92 Å². The first-order chi connectivity index (χ1) is 11.6. The van der Waals surface area contributed by atoms with Gasteiger partial charge in [0.1, 0.15) is 17.7 Å². The number of nitrogens with zero attached hydrogens (tertiary/aromatic N) is 4. The van der Waals surface area contributed by atoms with Crippen molar-refractivity contribution in [1.29, 1.82) is 0 Å². The van der Waals surface area contributed by atoms with Crippen molar-refractivity contribution in [3.05, 3.63) is 58.3 Å². The van der Waals surface area contributed by atoms with Crippen molar-refractivity contribution < 1.29 is 4.92 Å². The summed E-state index contributed by atoms with van der Waals surface area (Å²) in [4.78, 5) is 19.6. The summed E-state index contributed by atoms with van der Waals surface area (Å²) in [5, 5.41) is 14.4. The van der Waals surface area contributed by atoms with E-state index in [9.17, 15) is 10.1 Å². The lowest BCUT2D eigenvalue weighted by molar-refractivity contribution is -0.384. The highest BCUT2D eigenvalue weighted by Crippen LogP contribution is 2.28. The molecule has 1 N–H and O–H groups in total. The molecule has 0 spiro atoms. The molecule has 0 aliphatic carbocycles. The fourth-order valence-electron chi connectivity index (χ4n) is 2.73. The van der Waals surface area contributed by atoms with Gasteiger partial charge in [-0.1, -0.05) is 30.3 Å². The molecule has 7 nitrogen and oxygen atoms in total. The zero-order chi connectivity index (χ0) is 16.9. The molecule has 0 saturated carbocycles. The minimum absolute atomic E-state index is 0.00353. The van der Waals surface area contributed by atoms with Gasteiger partial charge in [0.25, 0.3) is 0 Å². The number of benzene rings is 1. The van der Waals surface area contributed by atoms with E-state index in [1.54, 1.807) is 6.07 Å². The van der Waals surface area contributed by atoms with Crippen LogP contribution in [0.25, 0.3) is 0 Å². The van der Waals surface area contributed by atoms with Crippen LogP contribution < -0.4 is 10.2 Å². The zero-order valence-corrected chi connectivity index (χ0v) is 13.7. The highest BCUT2D eigenvalue weighted by Gasteiger charge is 2.20. The number of likely N-dealkylation sites (N-methyl/N-ethyl adjacent to an activating group) is 1. The summed E-state index contributed by atoms with van der Waals surface area (Å²) in [6.07, 6.45) is 1.35. The molecule has 2 aromatic rings. The standard InChI is InChI=1S/C17H21N5O2/c1-20-7-9-21(10-8-20)17-11-15(16(13-19-17)22(23)24)18-12-14-5-3-2-4-6-14/h2-6,11,13H,7-10,12H2,1H3,(H,18,19). The van der Waals surface area contributed by atoms with Crippen molar-refractivity contribution in [2.24, 2.45) is 0 Å². The van der Waals surface area contributed by atoms with Crippen molar-refractivity contribution in [2.45, 2.75) is 6.54 Å². The highest BCUT2D eigenvalue weighted by molar-refractivity contribution is 5.65. The van der Waals surface area contributed by atoms with Gasteiger partial charge < -0.3 is 15.1 Å². The van der Waals surface area contributed by atoms with Gasteiger partial charge in [-0.15, -0.1) is 0 Å². The number of rotatable bonds is 5. The van der Waals surface area contributed by atoms with Crippen LogP contribution in [-0.2, 0) is 6.54 Å².